The second-order valence-electron chi connectivity index (χ2n) is 3.41. The molecule has 1 amide bonds. The van der Waals surface area contributed by atoms with E-state index in [9.17, 15) is 4.79 Å². The van der Waals surface area contributed by atoms with Crippen LogP contribution in [0.1, 0.15) is 26.2 Å². The molecule has 0 radical (unpaired) electrons. The third kappa shape index (κ3) is 6.43. The fourth-order valence-corrected chi connectivity index (χ4v) is 1.61. The van der Waals surface area contributed by atoms with Crippen LogP contribution in [-0.2, 0) is 4.79 Å². The average molecular weight is 228 g/mol. The van der Waals surface area contributed by atoms with Gasteiger partial charge >= 0.3 is 0 Å². The fraction of sp³-hybridized carbons (Fsp3) is 0.727. The van der Waals surface area contributed by atoms with Gasteiger partial charge in [0.05, 0.1) is 6.04 Å². The number of carbonyl (C=O) groups excluding carboxylic acids is 1. The van der Waals surface area contributed by atoms with E-state index in [2.05, 4.69) is 11.2 Å². The van der Waals surface area contributed by atoms with Crippen LogP contribution < -0.4 is 11.1 Å². The molecule has 4 heteroatoms. The molecule has 0 aliphatic heterocycles. The van der Waals surface area contributed by atoms with E-state index in [-0.39, 0.29) is 11.9 Å². The molecule has 0 rings (SSSR count). The normalized spacial score (nSPS) is 14.0. The van der Waals surface area contributed by atoms with Crippen LogP contribution in [0.3, 0.4) is 0 Å². The van der Waals surface area contributed by atoms with Crippen molar-refractivity contribution in [1.29, 1.82) is 0 Å². The molecule has 0 aliphatic rings. The Hall–Kier alpha value is -0.660. The van der Waals surface area contributed by atoms with Crippen LogP contribution in [-0.4, -0.2) is 30.0 Å². The lowest BCUT2D eigenvalue weighted by Gasteiger charge is -2.17. The number of terminal acetylenes is 1. The molecule has 0 saturated heterocycles. The van der Waals surface area contributed by atoms with Crippen molar-refractivity contribution < 1.29 is 4.79 Å². The van der Waals surface area contributed by atoms with Crippen molar-refractivity contribution >= 4 is 17.7 Å². The lowest BCUT2D eigenvalue weighted by Crippen LogP contribution is -2.45. The molecule has 0 aromatic rings. The maximum Gasteiger partial charge on any atom is 0.237 e. The van der Waals surface area contributed by atoms with Gasteiger partial charge in [-0.3, -0.25) is 4.79 Å². The summed E-state index contributed by atoms with van der Waals surface area (Å²) < 4.78 is 0. The molecule has 3 nitrogen and oxygen atoms in total. The molecule has 0 saturated carbocycles. The van der Waals surface area contributed by atoms with Gasteiger partial charge in [0.25, 0.3) is 0 Å². The lowest BCUT2D eigenvalue weighted by molar-refractivity contribution is -0.123. The Balaban J connectivity index is 3.93. The van der Waals surface area contributed by atoms with E-state index in [0.717, 1.165) is 12.2 Å². The summed E-state index contributed by atoms with van der Waals surface area (Å²) in [4.78, 5) is 11.6. The maximum atomic E-state index is 11.6. The molecule has 2 atom stereocenters. The van der Waals surface area contributed by atoms with Gasteiger partial charge in [0, 0.05) is 12.5 Å². The number of thioether (sulfide) groups is 1. The summed E-state index contributed by atoms with van der Waals surface area (Å²) in [5.74, 6) is 3.36. The first-order valence-corrected chi connectivity index (χ1v) is 6.53. The molecule has 1 unspecified atom stereocenters. The maximum absolute atomic E-state index is 11.6. The highest BCUT2D eigenvalue weighted by molar-refractivity contribution is 7.98. The third-order valence-electron chi connectivity index (χ3n) is 2.17. The van der Waals surface area contributed by atoms with E-state index in [1.807, 2.05) is 13.2 Å². The highest BCUT2D eigenvalue weighted by atomic mass is 32.2. The monoisotopic (exact) mass is 228 g/mol. The predicted molar refractivity (Wildman–Crippen MR) is 66.6 cm³/mol. The largest absolute Gasteiger partial charge is 0.351 e. The lowest BCUT2D eigenvalue weighted by atomic mass is 10.1. The van der Waals surface area contributed by atoms with Gasteiger partial charge in [-0.2, -0.15) is 11.8 Å². The Kier molecular flexibility index (Phi) is 8.25. The summed E-state index contributed by atoms with van der Waals surface area (Å²) in [6.45, 7) is 2.00. The first-order chi connectivity index (χ1) is 7.15. The van der Waals surface area contributed by atoms with Crippen molar-refractivity contribution in [2.45, 2.75) is 38.3 Å². The van der Waals surface area contributed by atoms with Crippen LogP contribution in [0.2, 0.25) is 0 Å². The zero-order valence-electron chi connectivity index (χ0n) is 9.45. The summed E-state index contributed by atoms with van der Waals surface area (Å²) >= 11 is 1.69. The van der Waals surface area contributed by atoms with Crippen LogP contribution >= 0.6 is 11.8 Å². The minimum Gasteiger partial charge on any atom is -0.351 e. The molecule has 0 spiro atoms. The van der Waals surface area contributed by atoms with Gasteiger partial charge in [-0.05, 0) is 24.9 Å². The zero-order chi connectivity index (χ0) is 11.7. The minimum absolute atomic E-state index is 0.0582. The topological polar surface area (TPSA) is 55.1 Å². The average Bonchev–Trinajstić information content (AvgIpc) is 2.24. The number of amides is 1. The van der Waals surface area contributed by atoms with E-state index in [1.54, 1.807) is 11.8 Å². The summed E-state index contributed by atoms with van der Waals surface area (Å²) in [5, 5.41) is 2.86. The molecular formula is C11H20N2OS. The van der Waals surface area contributed by atoms with Gasteiger partial charge in [0.15, 0.2) is 0 Å². The molecule has 0 aromatic heterocycles. The molecular weight excluding hydrogens is 208 g/mol. The highest BCUT2D eigenvalue weighted by Crippen LogP contribution is 2.01. The van der Waals surface area contributed by atoms with Crippen LogP contribution in [0, 0.1) is 12.3 Å². The SMILES string of the molecule is C#CCC(CC)NC(=O)[C@@H](N)CCSC. The Labute approximate surface area is 96.6 Å². The number of carbonyl (C=O) groups is 1. The summed E-state index contributed by atoms with van der Waals surface area (Å²) in [5.41, 5.74) is 5.73. The number of nitrogens with one attached hydrogen (secondary N) is 1. The molecule has 0 heterocycles. The molecule has 0 aromatic carbocycles. The van der Waals surface area contributed by atoms with E-state index >= 15 is 0 Å². The van der Waals surface area contributed by atoms with E-state index in [1.165, 1.54) is 0 Å². The molecule has 0 aliphatic carbocycles. The van der Waals surface area contributed by atoms with Crippen molar-refractivity contribution in [3.63, 3.8) is 0 Å². The molecule has 3 N–H and O–H groups in total. The number of hydrogen-bond acceptors (Lipinski definition) is 3. The van der Waals surface area contributed by atoms with E-state index in [4.69, 9.17) is 12.2 Å². The van der Waals surface area contributed by atoms with Crippen LogP contribution in [0.25, 0.3) is 0 Å². The van der Waals surface area contributed by atoms with Gasteiger partial charge in [0.1, 0.15) is 0 Å². The quantitative estimate of drug-likeness (QED) is 0.639. The molecule has 86 valence electrons. The van der Waals surface area contributed by atoms with Crippen molar-refractivity contribution in [2.24, 2.45) is 5.73 Å². The predicted octanol–water partition coefficient (Wildman–Crippen LogP) is 0.985. The van der Waals surface area contributed by atoms with Gasteiger partial charge < -0.3 is 11.1 Å². The van der Waals surface area contributed by atoms with Crippen LogP contribution in [0.5, 0.6) is 0 Å². The van der Waals surface area contributed by atoms with Crippen molar-refractivity contribution in [3.05, 3.63) is 0 Å². The van der Waals surface area contributed by atoms with Crippen molar-refractivity contribution in [3.8, 4) is 12.3 Å². The second kappa shape index (κ2) is 8.63. The Morgan fingerprint density at radius 3 is 2.80 bits per heavy atom. The minimum atomic E-state index is -0.413. The Morgan fingerprint density at radius 1 is 1.67 bits per heavy atom. The molecule has 0 fully saturated rings. The number of nitrogens with two attached hydrogens (primary N) is 1. The van der Waals surface area contributed by atoms with Crippen molar-refractivity contribution in [1.82, 2.24) is 5.32 Å². The molecule has 0 bridgehead atoms. The number of hydrogen-bond donors (Lipinski definition) is 2. The van der Waals surface area contributed by atoms with Crippen LogP contribution in [0.4, 0.5) is 0 Å². The Bertz CT molecular complexity index is 225. The van der Waals surface area contributed by atoms with Gasteiger partial charge in [-0.25, -0.2) is 0 Å². The highest BCUT2D eigenvalue weighted by Gasteiger charge is 2.15. The van der Waals surface area contributed by atoms with E-state index in [0.29, 0.717) is 12.8 Å². The Morgan fingerprint density at radius 2 is 2.33 bits per heavy atom. The smallest absolute Gasteiger partial charge is 0.237 e. The van der Waals surface area contributed by atoms with Gasteiger partial charge in [-0.1, -0.05) is 6.92 Å². The molecule has 15 heavy (non-hydrogen) atoms. The first-order valence-electron chi connectivity index (χ1n) is 5.14. The third-order valence-corrected chi connectivity index (χ3v) is 2.82. The van der Waals surface area contributed by atoms with Crippen molar-refractivity contribution in [2.75, 3.05) is 12.0 Å². The van der Waals surface area contributed by atoms with Gasteiger partial charge in [0.2, 0.25) is 5.91 Å². The fourth-order valence-electron chi connectivity index (χ4n) is 1.12. The standard InChI is InChI=1S/C11H20N2OS/c1-4-6-9(5-2)13-11(14)10(12)7-8-15-3/h1,9-10H,5-8,12H2,2-3H3,(H,13,14)/t9?,10-/m0/s1. The van der Waals surface area contributed by atoms with Gasteiger partial charge in [-0.15, -0.1) is 12.3 Å². The van der Waals surface area contributed by atoms with Crippen LogP contribution in [0.15, 0.2) is 0 Å². The summed E-state index contributed by atoms with van der Waals surface area (Å²) in [7, 11) is 0. The first kappa shape index (κ1) is 14.3. The van der Waals surface area contributed by atoms with E-state index < -0.39 is 6.04 Å². The summed E-state index contributed by atoms with van der Waals surface area (Å²) in [6.07, 6.45) is 9.31. The second-order valence-corrected chi connectivity index (χ2v) is 4.40. The zero-order valence-corrected chi connectivity index (χ0v) is 10.3. The number of rotatable bonds is 7. The summed E-state index contributed by atoms with van der Waals surface area (Å²) in [6, 6.07) is -0.355.